The molecule has 68 heavy (non-hydrogen) atoms. The van der Waals surface area contributed by atoms with Crippen LogP contribution < -0.4 is 37.6 Å². The standard InChI is InChI=1S/C48H54F3N13O3S/c1-2-29-68-47-59-44(56-24-20-52)43-45(60-47)64(62-61-43)31-34-10-8-33(9-11-34)12-17-42(65)55-25-27-67-28-26-57-46(66)35-13-15-36(16-14-35)54-21-4-5-38-30-39-40(58-37-18-22-53-23-19-37)6-3-7-41(39)63(38)32-48(49,50)51/h3,6-11,13-16,30,37,53-54,58H,2,18-29,31-32,52H2,1H3,(H,55,65)(H,57,66)(H,56,59,60). The Balaban J connectivity index is 0.802. The van der Waals surface area contributed by atoms with Gasteiger partial charge in [-0.2, -0.15) is 13.2 Å². The number of rotatable bonds is 20. The van der Waals surface area contributed by atoms with Crippen LogP contribution in [0.1, 0.15) is 53.4 Å². The average Bonchev–Trinajstić information content (AvgIpc) is 3.91. The van der Waals surface area contributed by atoms with E-state index in [1.807, 2.05) is 30.3 Å². The van der Waals surface area contributed by atoms with Crippen LogP contribution in [-0.4, -0.2) is 118 Å². The van der Waals surface area contributed by atoms with Crippen LogP contribution in [0.4, 0.5) is 30.4 Å². The number of hydrogen-bond donors (Lipinski definition) is 7. The van der Waals surface area contributed by atoms with Gasteiger partial charge in [0.1, 0.15) is 6.54 Å². The quantitative estimate of drug-likeness (QED) is 0.0228. The predicted octanol–water partition coefficient (Wildman–Crippen LogP) is 5.20. The van der Waals surface area contributed by atoms with Gasteiger partial charge < -0.3 is 46.9 Å². The molecule has 0 saturated carbocycles. The highest BCUT2D eigenvalue weighted by Gasteiger charge is 2.30. The predicted molar refractivity (Wildman–Crippen MR) is 260 cm³/mol. The van der Waals surface area contributed by atoms with Crippen LogP contribution in [0.2, 0.25) is 0 Å². The van der Waals surface area contributed by atoms with E-state index in [9.17, 15) is 22.8 Å². The highest BCUT2D eigenvalue weighted by atomic mass is 32.2. The van der Waals surface area contributed by atoms with Gasteiger partial charge in [-0.05, 0) is 98.4 Å². The second kappa shape index (κ2) is 24.3. The second-order valence-electron chi connectivity index (χ2n) is 15.8. The molecule has 16 nitrogen and oxygen atoms in total. The van der Waals surface area contributed by atoms with E-state index in [4.69, 9.17) is 15.5 Å². The number of carbonyl (C=O) groups is 2. The number of halogens is 3. The molecule has 20 heteroatoms. The molecule has 1 aliphatic heterocycles. The summed E-state index contributed by atoms with van der Waals surface area (Å²) in [5.74, 6) is 12.1. The number of piperidine rings is 1. The van der Waals surface area contributed by atoms with E-state index in [0.29, 0.717) is 69.5 Å². The van der Waals surface area contributed by atoms with Gasteiger partial charge in [0.05, 0.1) is 37.5 Å². The van der Waals surface area contributed by atoms with Gasteiger partial charge in [-0.1, -0.05) is 53.9 Å². The molecule has 0 unspecified atom stereocenters. The first-order valence-corrected chi connectivity index (χ1v) is 23.5. The number of fused-ring (bicyclic) bond motifs is 2. The van der Waals surface area contributed by atoms with Crippen LogP contribution in [-0.2, 0) is 22.6 Å². The molecule has 1 aliphatic rings. The summed E-state index contributed by atoms with van der Waals surface area (Å²) in [4.78, 5) is 34.4. The summed E-state index contributed by atoms with van der Waals surface area (Å²) in [6, 6.07) is 21.6. The van der Waals surface area contributed by atoms with Crippen molar-refractivity contribution < 1.29 is 27.5 Å². The largest absolute Gasteiger partial charge is 0.406 e. The van der Waals surface area contributed by atoms with Crippen LogP contribution >= 0.6 is 11.8 Å². The van der Waals surface area contributed by atoms with E-state index in [1.165, 1.54) is 4.57 Å². The lowest BCUT2D eigenvalue weighted by atomic mass is 10.1. The highest BCUT2D eigenvalue weighted by Crippen LogP contribution is 2.31. The molecule has 8 N–H and O–H groups in total. The molecule has 3 aromatic heterocycles. The maximum Gasteiger partial charge on any atom is 0.406 e. The lowest BCUT2D eigenvalue weighted by Gasteiger charge is -2.25. The number of hydrogen-bond acceptors (Lipinski definition) is 13. The van der Waals surface area contributed by atoms with Gasteiger partial charge in [-0.15, -0.1) is 5.10 Å². The molecular formula is C48H54F3N13O3S. The van der Waals surface area contributed by atoms with Gasteiger partial charge in [-0.25, -0.2) is 14.6 Å². The molecule has 1 saturated heterocycles. The van der Waals surface area contributed by atoms with Crippen molar-refractivity contribution in [2.45, 2.75) is 56.7 Å². The summed E-state index contributed by atoms with van der Waals surface area (Å²) in [5.41, 5.74) is 11.2. The van der Waals surface area contributed by atoms with E-state index in [1.54, 1.807) is 58.9 Å². The Morgan fingerprint density at radius 3 is 2.49 bits per heavy atom. The Labute approximate surface area is 396 Å². The number of alkyl halides is 3. The van der Waals surface area contributed by atoms with Crippen molar-refractivity contribution >= 4 is 62.8 Å². The third kappa shape index (κ3) is 14.1. The number of amides is 2. The lowest BCUT2D eigenvalue weighted by Crippen LogP contribution is -2.35. The molecular weight excluding hydrogens is 896 g/mol. The number of nitrogens with one attached hydrogen (secondary N) is 6. The number of anilines is 3. The molecule has 4 heterocycles. The fraction of sp³-hybridized carbons (Fsp3) is 0.375. The number of thioether (sulfide) groups is 1. The first-order chi connectivity index (χ1) is 33.1. The molecule has 356 valence electrons. The van der Waals surface area contributed by atoms with E-state index in [2.05, 4.69) is 77.8 Å². The van der Waals surface area contributed by atoms with Crippen molar-refractivity contribution in [2.75, 3.05) is 80.7 Å². The Hall–Kier alpha value is -6.84. The zero-order chi connectivity index (χ0) is 47.7. The summed E-state index contributed by atoms with van der Waals surface area (Å²) >= 11 is 1.57. The van der Waals surface area contributed by atoms with E-state index in [0.717, 1.165) is 49.4 Å². The number of carbonyl (C=O) groups excluding carboxylic acids is 2. The molecule has 0 radical (unpaired) electrons. The minimum absolute atomic E-state index is 0.175. The van der Waals surface area contributed by atoms with E-state index >= 15 is 0 Å². The first kappa shape index (κ1) is 49.1. The van der Waals surface area contributed by atoms with Crippen molar-refractivity contribution in [3.8, 4) is 23.7 Å². The summed E-state index contributed by atoms with van der Waals surface area (Å²) in [6.45, 7) is 5.30. The molecule has 0 spiro atoms. The first-order valence-electron chi connectivity index (χ1n) is 22.5. The maximum absolute atomic E-state index is 13.7. The topological polar surface area (TPSA) is 203 Å². The Kier molecular flexibility index (Phi) is 17.5. The normalized spacial score (nSPS) is 12.8. The number of aromatic nitrogens is 6. The molecule has 6 aromatic rings. The van der Waals surface area contributed by atoms with Crippen molar-refractivity contribution in [3.63, 3.8) is 0 Å². The van der Waals surface area contributed by atoms with Gasteiger partial charge >= 0.3 is 6.18 Å². The second-order valence-corrected chi connectivity index (χ2v) is 16.8. The molecule has 2 amide bonds. The summed E-state index contributed by atoms with van der Waals surface area (Å²) in [5, 5.41) is 28.7. The summed E-state index contributed by atoms with van der Waals surface area (Å²) < 4.78 is 49.5. The summed E-state index contributed by atoms with van der Waals surface area (Å²) in [7, 11) is 0. The van der Waals surface area contributed by atoms with Crippen molar-refractivity contribution in [3.05, 3.63) is 95.2 Å². The zero-order valence-electron chi connectivity index (χ0n) is 37.6. The number of nitrogens with two attached hydrogens (primary N) is 1. The van der Waals surface area contributed by atoms with Crippen LogP contribution in [0.15, 0.2) is 78.0 Å². The average molecular weight is 950 g/mol. The van der Waals surface area contributed by atoms with Crippen LogP contribution in [0.25, 0.3) is 22.1 Å². The fourth-order valence-electron chi connectivity index (χ4n) is 7.30. The van der Waals surface area contributed by atoms with Crippen LogP contribution in [0.5, 0.6) is 0 Å². The molecule has 1 fully saturated rings. The van der Waals surface area contributed by atoms with Gasteiger partial charge in [0.2, 0.25) is 0 Å². The zero-order valence-corrected chi connectivity index (χ0v) is 38.5. The third-order valence-corrected chi connectivity index (χ3v) is 11.7. The monoisotopic (exact) mass is 949 g/mol. The molecule has 0 bridgehead atoms. The lowest BCUT2D eigenvalue weighted by molar-refractivity contribution is -0.140. The van der Waals surface area contributed by atoms with Gasteiger partial charge in [-0.3, -0.25) is 9.59 Å². The van der Waals surface area contributed by atoms with Crippen LogP contribution in [0.3, 0.4) is 0 Å². The van der Waals surface area contributed by atoms with Gasteiger partial charge in [0.15, 0.2) is 22.1 Å². The Morgan fingerprint density at radius 1 is 0.956 bits per heavy atom. The van der Waals surface area contributed by atoms with E-state index < -0.39 is 18.6 Å². The SMILES string of the molecule is CCCSc1nc(NCCN)c2nnn(Cc3ccc(C#CC(=O)NCCOCCNC(=O)c4ccc(NCC#Cc5cc6c(NC7CCNCC7)cccc6n5CC(F)(F)F)cc4)cc3)c2n1. The number of benzene rings is 3. The van der Waals surface area contributed by atoms with Crippen molar-refractivity contribution in [1.82, 2.24) is 45.5 Å². The number of ether oxygens (including phenoxy) is 1. The van der Waals surface area contributed by atoms with Crippen molar-refractivity contribution in [2.24, 2.45) is 5.73 Å². The minimum Gasteiger partial charge on any atom is -0.382 e. The highest BCUT2D eigenvalue weighted by molar-refractivity contribution is 7.99. The fourth-order valence-corrected chi connectivity index (χ4v) is 8.00. The molecule has 0 aliphatic carbocycles. The van der Waals surface area contributed by atoms with Gasteiger partial charge in [0.25, 0.3) is 11.8 Å². The van der Waals surface area contributed by atoms with Gasteiger partial charge in [0, 0.05) is 71.8 Å². The van der Waals surface area contributed by atoms with E-state index in [-0.39, 0.29) is 50.5 Å². The molecule has 3 aromatic carbocycles. The third-order valence-electron chi connectivity index (χ3n) is 10.6. The Morgan fingerprint density at radius 2 is 1.74 bits per heavy atom. The van der Waals surface area contributed by atoms with Crippen LogP contribution in [0, 0.1) is 23.7 Å². The summed E-state index contributed by atoms with van der Waals surface area (Å²) in [6.07, 6.45) is -1.57. The smallest absolute Gasteiger partial charge is 0.382 e. The maximum atomic E-state index is 13.7. The molecule has 7 rings (SSSR count). The number of nitrogens with zero attached hydrogens (tertiary/aromatic N) is 6. The van der Waals surface area contributed by atoms with Crippen molar-refractivity contribution in [1.29, 1.82) is 0 Å². The minimum atomic E-state index is -4.42. The Bertz CT molecular complexity index is 2770. The molecule has 0 atom stereocenters.